The first-order valence-corrected chi connectivity index (χ1v) is 8.33. The van der Waals surface area contributed by atoms with Crippen molar-refractivity contribution in [2.45, 2.75) is 32.2 Å². The van der Waals surface area contributed by atoms with Crippen LogP contribution in [-0.4, -0.2) is 41.9 Å². The van der Waals surface area contributed by atoms with Gasteiger partial charge in [0.1, 0.15) is 6.04 Å². The number of fused-ring (bicyclic) bond motifs is 1. The van der Waals surface area contributed by atoms with Crippen molar-refractivity contribution in [3.05, 3.63) is 35.3 Å². The van der Waals surface area contributed by atoms with Gasteiger partial charge in [0.15, 0.2) is 18.0 Å². The number of aryl methyl sites for hydroxylation is 1. The standard InChI is InChI=1S/C18H19FN2O5/c1-10-11-5-4-6-12(19)16(11)26-15(10)18(24)25-9-14(22)21-8-3-2-7-13(21)17(20)23/h4-6,13H,2-3,7-9H2,1H3,(H2,20,23)/t13-/m0/s1. The van der Waals surface area contributed by atoms with Crippen LogP contribution in [0.2, 0.25) is 0 Å². The second kappa shape index (κ2) is 7.15. The number of amides is 2. The monoisotopic (exact) mass is 362 g/mol. The molecule has 8 heteroatoms. The quantitative estimate of drug-likeness (QED) is 0.837. The van der Waals surface area contributed by atoms with Gasteiger partial charge >= 0.3 is 5.97 Å². The van der Waals surface area contributed by atoms with Crippen LogP contribution >= 0.6 is 0 Å². The molecule has 1 aromatic carbocycles. The molecule has 26 heavy (non-hydrogen) atoms. The van der Waals surface area contributed by atoms with Crippen LogP contribution < -0.4 is 5.73 Å². The average Bonchev–Trinajstić information content (AvgIpc) is 2.98. The largest absolute Gasteiger partial charge is 0.450 e. The van der Waals surface area contributed by atoms with Gasteiger partial charge in [-0.3, -0.25) is 9.59 Å². The summed E-state index contributed by atoms with van der Waals surface area (Å²) in [4.78, 5) is 37.4. The molecule has 1 aromatic heterocycles. The number of benzene rings is 1. The average molecular weight is 362 g/mol. The number of rotatable bonds is 4. The van der Waals surface area contributed by atoms with Crippen LogP contribution in [0.5, 0.6) is 0 Å². The lowest BCUT2D eigenvalue weighted by Crippen LogP contribution is -2.51. The molecule has 0 radical (unpaired) electrons. The predicted molar refractivity (Wildman–Crippen MR) is 89.7 cm³/mol. The van der Waals surface area contributed by atoms with Gasteiger partial charge in [0.05, 0.1) is 0 Å². The number of halogens is 1. The highest BCUT2D eigenvalue weighted by Gasteiger charge is 2.31. The van der Waals surface area contributed by atoms with Crippen LogP contribution in [0.25, 0.3) is 11.0 Å². The lowest BCUT2D eigenvalue weighted by molar-refractivity contribution is -0.143. The summed E-state index contributed by atoms with van der Waals surface area (Å²) in [6.45, 7) is 1.46. The van der Waals surface area contributed by atoms with E-state index in [0.29, 0.717) is 23.9 Å². The Morgan fingerprint density at radius 3 is 2.81 bits per heavy atom. The van der Waals surface area contributed by atoms with Crippen LogP contribution in [0.15, 0.2) is 22.6 Å². The molecule has 2 amide bonds. The number of piperidine rings is 1. The number of para-hydroxylation sites is 1. The summed E-state index contributed by atoms with van der Waals surface area (Å²) in [5.41, 5.74) is 5.73. The Morgan fingerprint density at radius 2 is 2.12 bits per heavy atom. The molecule has 2 heterocycles. The second-order valence-corrected chi connectivity index (χ2v) is 6.25. The number of carbonyl (C=O) groups is 3. The summed E-state index contributed by atoms with van der Waals surface area (Å²) < 4.78 is 24.1. The van der Waals surface area contributed by atoms with Crippen LogP contribution in [-0.2, 0) is 14.3 Å². The smallest absolute Gasteiger partial charge is 0.375 e. The molecule has 0 aliphatic carbocycles. The van der Waals surface area contributed by atoms with Crippen molar-refractivity contribution >= 4 is 28.8 Å². The molecule has 1 atom stereocenters. The number of primary amides is 1. The number of esters is 1. The fourth-order valence-electron chi connectivity index (χ4n) is 3.21. The van der Waals surface area contributed by atoms with Crippen LogP contribution in [0, 0.1) is 12.7 Å². The van der Waals surface area contributed by atoms with Crippen LogP contribution in [0.3, 0.4) is 0 Å². The van der Waals surface area contributed by atoms with E-state index in [4.69, 9.17) is 14.9 Å². The molecule has 0 spiro atoms. The zero-order chi connectivity index (χ0) is 18.8. The molecule has 0 saturated carbocycles. The van der Waals surface area contributed by atoms with E-state index in [1.807, 2.05) is 0 Å². The number of carbonyl (C=O) groups excluding carboxylic acids is 3. The maximum atomic E-state index is 13.8. The molecular formula is C18H19FN2O5. The molecule has 1 fully saturated rings. The Hall–Kier alpha value is -2.90. The SMILES string of the molecule is Cc1c(C(=O)OCC(=O)N2CCCC[C@H]2C(N)=O)oc2c(F)cccc12. The molecule has 7 nitrogen and oxygen atoms in total. The third-order valence-corrected chi connectivity index (χ3v) is 4.58. The molecule has 2 aromatic rings. The first-order chi connectivity index (χ1) is 12.4. The van der Waals surface area contributed by atoms with E-state index < -0.39 is 36.2 Å². The highest BCUT2D eigenvalue weighted by Crippen LogP contribution is 2.27. The number of hydrogen-bond donors (Lipinski definition) is 1. The molecule has 1 aliphatic heterocycles. The Kier molecular flexibility index (Phi) is 4.92. The second-order valence-electron chi connectivity index (χ2n) is 6.25. The van der Waals surface area contributed by atoms with Crippen molar-refractivity contribution in [3.63, 3.8) is 0 Å². The van der Waals surface area contributed by atoms with Gasteiger partial charge in [-0.15, -0.1) is 0 Å². The summed E-state index contributed by atoms with van der Waals surface area (Å²) in [7, 11) is 0. The molecule has 1 saturated heterocycles. The Balaban J connectivity index is 1.71. The summed E-state index contributed by atoms with van der Waals surface area (Å²) in [5, 5.41) is 0.466. The van der Waals surface area contributed by atoms with E-state index in [1.54, 1.807) is 13.0 Å². The molecule has 0 bridgehead atoms. The van der Waals surface area contributed by atoms with Crippen LogP contribution in [0.4, 0.5) is 4.39 Å². The normalized spacial score (nSPS) is 17.3. The topological polar surface area (TPSA) is 103 Å². The van der Waals surface area contributed by atoms with Gasteiger partial charge in [0, 0.05) is 17.5 Å². The zero-order valence-corrected chi connectivity index (χ0v) is 14.3. The van der Waals surface area contributed by atoms with Gasteiger partial charge in [0.2, 0.25) is 11.7 Å². The maximum Gasteiger partial charge on any atom is 0.375 e. The van der Waals surface area contributed by atoms with Crippen molar-refractivity contribution < 1.29 is 27.9 Å². The van der Waals surface area contributed by atoms with E-state index in [1.165, 1.54) is 17.0 Å². The van der Waals surface area contributed by atoms with Gasteiger partial charge in [-0.25, -0.2) is 9.18 Å². The molecule has 1 aliphatic rings. The predicted octanol–water partition coefficient (Wildman–Crippen LogP) is 1.90. The van der Waals surface area contributed by atoms with E-state index in [0.717, 1.165) is 12.8 Å². The fourth-order valence-corrected chi connectivity index (χ4v) is 3.21. The summed E-state index contributed by atoms with van der Waals surface area (Å²) in [6.07, 6.45) is 2.06. The zero-order valence-electron chi connectivity index (χ0n) is 14.3. The van der Waals surface area contributed by atoms with E-state index in [9.17, 15) is 18.8 Å². The van der Waals surface area contributed by atoms with Gasteiger partial charge < -0.3 is 19.8 Å². The van der Waals surface area contributed by atoms with Crippen molar-refractivity contribution in [2.75, 3.05) is 13.2 Å². The fraction of sp³-hybridized carbons (Fsp3) is 0.389. The Bertz CT molecular complexity index is 876. The number of ether oxygens (including phenoxy) is 1. The molecule has 0 unspecified atom stereocenters. The summed E-state index contributed by atoms with van der Waals surface area (Å²) in [6, 6.07) is 3.69. The van der Waals surface area contributed by atoms with Crippen molar-refractivity contribution in [3.8, 4) is 0 Å². The third-order valence-electron chi connectivity index (χ3n) is 4.58. The molecule has 138 valence electrons. The Morgan fingerprint density at radius 1 is 1.35 bits per heavy atom. The van der Waals surface area contributed by atoms with E-state index in [2.05, 4.69) is 0 Å². The van der Waals surface area contributed by atoms with Crippen molar-refractivity contribution in [2.24, 2.45) is 5.73 Å². The van der Waals surface area contributed by atoms with Gasteiger partial charge in [-0.2, -0.15) is 0 Å². The van der Waals surface area contributed by atoms with Gasteiger partial charge in [-0.1, -0.05) is 12.1 Å². The highest BCUT2D eigenvalue weighted by molar-refractivity contribution is 5.97. The minimum atomic E-state index is -0.862. The first-order valence-electron chi connectivity index (χ1n) is 8.33. The maximum absolute atomic E-state index is 13.8. The number of nitrogens with two attached hydrogens (primary N) is 1. The first kappa shape index (κ1) is 17.9. The lowest BCUT2D eigenvalue weighted by atomic mass is 10.0. The van der Waals surface area contributed by atoms with Gasteiger partial charge in [-0.05, 0) is 32.3 Å². The molecule has 2 N–H and O–H groups in total. The van der Waals surface area contributed by atoms with Gasteiger partial charge in [0.25, 0.3) is 5.91 Å². The minimum absolute atomic E-state index is 0.0342. The van der Waals surface area contributed by atoms with E-state index >= 15 is 0 Å². The van der Waals surface area contributed by atoms with Crippen LogP contribution in [0.1, 0.15) is 35.4 Å². The van der Waals surface area contributed by atoms with Crippen molar-refractivity contribution in [1.29, 1.82) is 0 Å². The minimum Gasteiger partial charge on any atom is -0.450 e. The molecule has 3 rings (SSSR count). The highest BCUT2D eigenvalue weighted by atomic mass is 19.1. The van der Waals surface area contributed by atoms with E-state index in [-0.39, 0.29) is 11.3 Å². The number of likely N-dealkylation sites (tertiary alicyclic amines) is 1. The number of nitrogens with zero attached hydrogens (tertiary/aromatic N) is 1. The number of hydrogen-bond acceptors (Lipinski definition) is 5. The summed E-state index contributed by atoms with van der Waals surface area (Å²) in [5.74, 6) is -2.67. The number of furan rings is 1. The molecular weight excluding hydrogens is 343 g/mol. The summed E-state index contributed by atoms with van der Waals surface area (Å²) >= 11 is 0. The van der Waals surface area contributed by atoms with Crippen molar-refractivity contribution in [1.82, 2.24) is 4.90 Å². The Labute approximate surface area is 148 Å². The third kappa shape index (κ3) is 3.26. The lowest BCUT2D eigenvalue weighted by Gasteiger charge is -2.33.